The first kappa shape index (κ1) is 22.3. The SMILES string of the molecule is CCN(CC)S(=O)(=O)c1cccc(NC(=O)C[NH+]2CCC(C(=O)OC)CC2)c1. The van der Waals surface area contributed by atoms with Gasteiger partial charge in [0.1, 0.15) is 0 Å². The highest BCUT2D eigenvalue weighted by molar-refractivity contribution is 7.89. The summed E-state index contributed by atoms with van der Waals surface area (Å²) in [4.78, 5) is 25.2. The normalized spacial score (nSPS) is 20.0. The molecule has 0 aromatic heterocycles. The Bertz CT molecular complexity index is 785. The van der Waals surface area contributed by atoms with E-state index >= 15 is 0 Å². The number of methoxy groups -OCH3 is 1. The molecule has 1 aliphatic rings. The molecule has 0 spiro atoms. The maximum atomic E-state index is 12.6. The zero-order valence-corrected chi connectivity index (χ0v) is 17.5. The van der Waals surface area contributed by atoms with Crippen molar-refractivity contribution in [3.8, 4) is 0 Å². The Kier molecular flexibility index (Phi) is 7.97. The van der Waals surface area contributed by atoms with E-state index in [1.165, 1.54) is 23.5 Å². The molecule has 2 N–H and O–H groups in total. The number of nitrogens with one attached hydrogen (secondary N) is 2. The molecular formula is C19H30N3O5S+. The van der Waals surface area contributed by atoms with E-state index in [0.29, 0.717) is 31.6 Å². The number of hydrogen-bond donors (Lipinski definition) is 2. The van der Waals surface area contributed by atoms with Gasteiger partial charge in [0.2, 0.25) is 10.0 Å². The van der Waals surface area contributed by atoms with Gasteiger partial charge >= 0.3 is 5.97 Å². The molecule has 1 fully saturated rings. The molecule has 0 saturated carbocycles. The van der Waals surface area contributed by atoms with Crippen LogP contribution < -0.4 is 10.2 Å². The summed E-state index contributed by atoms with van der Waals surface area (Å²) in [5.41, 5.74) is 0.460. The zero-order valence-electron chi connectivity index (χ0n) is 16.7. The van der Waals surface area contributed by atoms with Crippen LogP contribution in [0.2, 0.25) is 0 Å². The number of ether oxygens (including phenoxy) is 1. The van der Waals surface area contributed by atoms with Crippen LogP contribution in [0.25, 0.3) is 0 Å². The molecule has 156 valence electrons. The maximum absolute atomic E-state index is 12.6. The molecule has 2 rings (SSSR count). The summed E-state index contributed by atoms with van der Waals surface area (Å²) >= 11 is 0. The van der Waals surface area contributed by atoms with Crippen LogP contribution in [0.3, 0.4) is 0 Å². The molecule has 1 aromatic carbocycles. The Morgan fingerprint density at radius 3 is 2.43 bits per heavy atom. The van der Waals surface area contributed by atoms with Crippen LogP contribution in [0, 0.1) is 5.92 Å². The monoisotopic (exact) mass is 412 g/mol. The van der Waals surface area contributed by atoms with Gasteiger partial charge in [-0.25, -0.2) is 8.42 Å². The van der Waals surface area contributed by atoms with Crippen molar-refractivity contribution in [2.75, 3.05) is 45.2 Å². The van der Waals surface area contributed by atoms with Gasteiger partial charge < -0.3 is 15.0 Å². The number of benzene rings is 1. The van der Waals surface area contributed by atoms with Gasteiger partial charge in [0.05, 0.1) is 31.0 Å². The van der Waals surface area contributed by atoms with E-state index in [2.05, 4.69) is 5.32 Å². The predicted molar refractivity (Wildman–Crippen MR) is 105 cm³/mol. The van der Waals surface area contributed by atoms with Gasteiger partial charge in [-0.2, -0.15) is 4.31 Å². The molecule has 0 unspecified atom stereocenters. The van der Waals surface area contributed by atoms with Crippen molar-refractivity contribution in [3.63, 3.8) is 0 Å². The van der Waals surface area contributed by atoms with Crippen LogP contribution in [-0.4, -0.2) is 64.4 Å². The quantitative estimate of drug-likeness (QED) is 0.592. The summed E-state index contributed by atoms with van der Waals surface area (Å²) in [5.74, 6) is -0.447. The lowest BCUT2D eigenvalue weighted by Crippen LogP contribution is -3.14. The number of quaternary nitrogens is 1. The first-order valence-corrected chi connectivity index (χ1v) is 11.1. The van der Waals surface area contributed by atoms with Crippen LogP contribution in [0.15, 0.2) is 29.2 Å². The molecular weight excluding hydrogens is 382 g/mol. The minimum absolute atomic E-state index is 0.0845. The lowest BCUT2D eigenvalue weighted by atomic mass is 9.97. The molecule has 28 heavy (non-hydrogen) atoms. The first-order chi connectivity index (χ1) is 13.3. The van der Waals surface area contributed by atoms with Gasteiger partial charge in [-0.05, 0) is 18.2 Å². The van der Waals surface area contributed by atoms with E-state index in [1.807, 2.05) is 0 Å². The van der Waals surface area contributed by atoms with Crippen molar-refractivity contribution in [2.24, 2.45) is 5.92 Å². The van der Waals surface area contributed by atoms with E-state index in [9.17, 15) is 18.0 Å². The third kappa shape index (κ3) is 5.52. The Labute approximate surface area is 166 Å². The van der Waals surface area contributed by atoms with Crippen LogP contribution >= 0.6 is 0 Å². The summed E-state index contributed by atoms with van der Waals surface area (Å²) in [6, 6.07) is 6.33. The minimum atomic E-state index is -3.57. The number of rotatable bonds is 8. The second-order valence-electron chi connectivity index (χ2n) is 6.89. The Balaban J connectivity index is 1.96. The van der Waals surface area contributed by atoms with E-state index in [-0.39, 0.29) is 29.2 Å². The van der Waals surface area contributed by atoms with E-state index < -0.39 is 10.0 Å². The standard InChI is InChI=1S/C19H29N3O5S/c1-4-22(5-2)28(25,26)17-8-6-7-16(13-17)20-18(23)14-21-11-9-15(10-12-21)19(24)27-3/h6-8,13,15H,4-5,9-12,14H2,1-3H3,(H,20,23)/p+1. The van der Waals surface area contributed by atoms with Crippen LogP contribution in [0.1, 0.15) is 26.7 Å². The molecule has 1 aromatic rings. The number of amides is 1. The third-order valence-electron chi connectivity index (χ3n) is 5.10. The fourth-order valence-corrected chi connectivity index (χ4v) is 4.99. The fourth-order valence-electron chi connectivity index (χ4n) is 3.48. The van der Waals surface area contributed by atoms with E-state index in [0.717, 1.165) is 18.0 Å². The summed E-state index contributed by atoms with van der Waals surface area (Å²) in [6.07, 6.45) is 1.40. The molecule has 0 radical (unpaired) electrons. The smallest absolute Gasteiger partial charge is 0.309 e. The minimum Gasteiger partial charge on any atom is -0.469 e. The highest BCUT2D eigenvalue weighted by Crippen LogP contribution is 2.19. The van der Waals surface area contributed by atoms with Gasteiger partial charge in [-0.15, -0.1) is 0 Å². The van der Waals surface area contributed by atoms with Crippen molar-refractivity contribution in [3.05, 3.63) is 24.3 Å². The third-order valence-corrected chi connectivity index (χ3v) is 7.14. The van der Waals surface area contributed by atoms with Crippen LogP contribution in [0.5, 0.6) is 0 Å². The summed E-state index contributed by atoms with van der Waals surface area (Å²) < 4.78 is 31.4. The van der Waals surface area contributed by atoms with Crippen molar-refractivity contribution >= 4 is 27.6 Å². The number of hydrogen-bond acceptors (Lipinski definition) is 5. The number of anilines is 1. The molecule has 0 bridgehead atoms. The Hall–Kier alpha value is -1.97. The van der Waals surface area contributed by atoms with Gasteiger partial charge in [-0.1, -0.05) is 19.9 Å². The van der Waals surface area contributed by atoms with Gasteiger partial charge in [0.25, 0.3) is 5.91 Å². The largest absolute Gasteiger partial charge is 0.469 e. The molecule has 8 nitrogen and oxygen atoms in total. The summed E-state index contributed by atoms with van der Waals surface area (Å²) in [7, 11) is -2.18. The lowest BCUT2D eigenvalue weighted by molar-refractivity contribution is -0.897. The molecule has 1 heterocycles. The molecule has 9 heteroatoms. The molecule has 0 atom stereocenters. The van der Waals surface area contributed by atoms with Crippen LogP contribution in [0.4, 0.5) is 5.69 Å². The Morgan fingerprint density at radius 2 is 1.86 bits per heavy atom. The topological polar surface area (TPSA) is 97.2 Å². The highest BCUT2D eigenvalue weighted by Gasteiger charge is 2.29. The number of carbonyl (C=O) groups is 2. The van der Waals surface area contributed by atoms with Gasteiger partial charge in [-0.3, -0.25) is 9.59 Å². The average Bonchev–Trinajstić information content (AvgIpc) is 2.68. The zero-order chi connectivity index (χ0) is 20.7. The maximum Gasteiger partial charge on any atom is 0.309 e. The average molecular weight is 413 g/mol. The number of esters is 1. The van der Waals surface area contributed by atoms with E-state index in [1.54, 1.807) is 26.0 Å². The van der Waals surface area contributed by atoms with Gasteiger partial charge in [0, 0.05) is 31.6 Å². The van der Waals surface area contributed by atoms with Gasteiger partial charge in [0.15, 0.2) is 6.54 Å². The number of nitrogens with zero attached hydrogens (tertiary/aromatic N) is 1. The summed E-state index contributed by atoms with van der Waals surface area (Å²) in [5, 5.41) is 2.79. The fraction of sp³-hybridized carbons (Fsp3) is 0.579. The number of piperidine rings is 1. The number of carbonyl (C=O) groups excluding carboxylic acids is 2. The number of sulfonamides is 1. The van der Waals surface area contributed by atoms with Crippen LogP contribution in [-0.2, 0) is 24.3 Å². The van der Waals surface area contributed by atoms with Crippen molar-refractivity contribution in [2.45, 2.75) is 31.6 Å². The molecule has 1 amide bonds. The van der Waals surface area contributed by atoms with Crippen molar-refractivity contribution in [1.82, 2.24) is 4.31 Å². The predicted octanol–water partition coefficient (Wildman–Crippen LogP) is 0.124. The summed E-state index contributed by atoms with van der Waals surface area (Å²) in [6.45, 7) is 6.09. The lowest BCUT2D eigenvalue weighted by Gasteiger charge is -2.27. The highest BCUT2D eigenvalue weighted by atomic mass is 32.2. The van der Waals surface area contributed by atoms with Crippen molar-refractivity contribution < 1.29 is 27.6 Å². The molecule has 1 saturated heterocycles. The first-order valence-electron chi connectivity index (χ1n) is 9.63. The molecule has 1 aliphatic heterocycles. The number of likely N-dealkylation sites (tertiary alicyclic amines) is 1. The molecule has 0 aliphatic carbocycles. The van der Waals surface area contributed by atoms with E-state index in [4.69, 9.17) is 4.74 Å². The second-order valence-corrected chi connectivity index (χ2v) is 8.83. The second kappa shape index (κ2) is 9.99. The van der Waals surface area contributed by atoms with Crippen molar-refractivity contribution in [1.29, 1.82) is 0 Å². The Morgan fingerprint density at radius 1 is 1.21 bits per heavy atom.